The quantitative estimate of drug-likeness (QED) is 0.0518. The molecule has 0 spiro atoms. The van der Waals surface area contributed by atoms with Gasteiger partial charge in [0.15, 0.2) is 5.78 Å². The molecule has 6 rings (SSSR count). The molecule has 0 radical (unpaired) electrons. The van der Waals surface area contributed by atoms with Gasteiger partial charge in [0.05, 0.1) is 11.1 Å². The summed E-state index contributed by atoms with van der Waals surface area (Å²) in [4.78, 5) is 128. The second-order valence-corrected chi connectivity index (χ2v) is 19.8. The number of ketones is 3. The lowest BCUT2D eigenvalue weighted by Gasteiger charge is -2.36. The van der Waals surface area contributed by atoms with Gasteiger partial charge in [0, 0.05) is 49.8 Å². The molecule has 3 aromatic carbocycles. The number of aryl methyl sites for hydroxylation is 3. The minimum absolute atomic E-state index is 0.0514. The SMILES string of the molecule is CCCCC(=O)CCC(=O)Nc1cccc([C@@H](CCc2ccc(C)c(C)c2)OC(=O)[C@@H]2CCCCN2C(=O)C(=O)C(C)(C)CC)c1.CCCCC(=O)COc1cccc2c1C(=O)N(C1CCC(=O)NC1=O)C2=O. The number of hydrogen-bond donors (Lipinski definition) is 2. The fourth-order valence-corrected chi connectivity index (χ4v) is 8.77. The molecule has 16 heteroatoms. The summed E-state index contributed by atoms with van der Waals surface area (Å²) in [7, 11) is 0. The van der Waals surface area contributed by atoms with Gasteiger partial charge in [-0.3, -0.25) is 53.4 Å². The summed E-state index contributed by atoms with van der Waals surface area (Å²) >= 11 is 0. The molecule has 0 bridgehead atoms. The smallest absolute Gasteiger partial charge is 0.329 e. The number of nitrogens with zero attached hydrogens (tertiary/aromatic N) is 2. The lowest BCUT2D eigenvalue weighted by Crippen LogP contribution is -2.54. The molecule has 3 aromatic rings. The van der Waals surface area contributed by atoms with Crippen LogP contribution in [0.4, 0.5) is 5.69 Å². The van der Waals surface area contributed by atoms with Gasteiger partial charge in [0.2, 0.25) is 23.5 Å². The van der Waals surface area contributed by atoms with E-state index in [4.69, 9.17) is 9.47 Å². The number of imide groups is 2. The molecule has 2 saturated heterocycles. The third-order valence-electron chi connectivity index (χ3n) is 13.9. The van der Waals surface area contributed by atoms with Crippen molar-refractivity contribution in [1.29, 1.82) is 0 Å². The Morgan fingerprint density at radius 2 is 1.51 bits per heavy atom. The van der Waals surface area contributed by atoms with Gasteiger partial charge in [0.1, 0.15) is 36.3 Å². The van der Waals surface area contributed by atoms with E-state index in [1.165, 1.54) is 28.2 Å². The van der Waals surface area contributed by atoms with Crippen LogP contribution in [-0.2, 0) is 49.5 Å². The van der Waals surface area contributed by atoms with Gasteiger partial charge in [-0.05, 0) is 118 Å². The van der Waals surface area contributed by atoms with Crippen LogP contribution >= 0.6 is 0 Å². The van der Waals surface area contributed by atoms with Crippen molar-refractivity contribution < 1.29 is 57.4 Å². The first-order valence-corrected chi connectivity index (χ1v) is 25.8. The lowest BCUT2D eigenvalue weighted by molar-refractivity contribution is -0.164. The van der Waals surface area contributed by atoms with Crippen molar-refractivity contribution in [2.24, 2.45) is 5.41 Å². The zero-order valence-electron chi connectivity index (χ0n) is 43.5. The Morgan fingerprint density at radius 1 is 0.795 bits per heavy atom. The zero-order chi connectivity index (χ0) is 53.4. The number of unbranched alkanes of at least 4 members (excludes halogenated alkanes) is 2. The number of piperidine rings is 2. The van der Waals surface area contributed by atoms with Crippen molar-refractivity contribution >= 4 is 64.4 Å². The summed E-state index contributed by atoms with van der Waals surface area (Å²) in [5.41, 5.74) is 4.13. The first-order chi connectivity index (χ1) is 34.8. The fourth-order valence-electron chi connectivity index (χ4n) is 8.77. The van der Waals surface area contributed by atoms with Crippen LogP contribution in [0.15, 0.2) is 60.7 Å². The number of hydrogen-bond acceptors (Lipinski definition) is 12. The number of Topliss-reactive ketones (excluding diaryl/α,β-unsaturated/α-hetero) is 3. The molecule has 73 heavy (non-hydrogen) atoms. The normalized spacial score (nSPS) is 16.9. The van der Waals surface area contributed by atoms with E-state index in [2.05, 4.69) is 42.7 Å². The Balaban J connectivity index is 0.000000309. The largest absolute Gasteiger partial charge is 0.485 e. The highest BCUT2D eigenvalue weighted by molar-refractivity contribution is 6.38. The van der Waals surface area contributed by atoms with Crippen LogP contribution in [-0.4, -0.2) is 93.8 Å². The van der Waals surface area contributed by atoms with Gasteiger partial charge in [-0.1, -0.05) is 83.9 Å². The van der Waals surface area contributed by atoms with E-state index >= 15 is 0 Å². The number of carbonyl (C=O) groups excluding carboxylic acids is 10. The summed E-state index contributed by atoms with van der Waals surface area (Å²) in [6.45, 7) is 13.7. The maximum absolute atomic E-state index is 13.8. The molecule has 0 aliphatic carbocycles. The average Bonchev–Trinajstić information content (AvgIpc) is 3.63. The van der Waals surface area contributed by atoms with Crippen LogP contribution in [0.25, 0.3) is 0 Å². The summed E-state index contributed by atoms with van der Waals surface area (Å²) in [6.07, 6.45) is 7.64. The van der Waals surface area contributed by atoms with Crippen LogP contribution in [0.3, 0.4) is 0 Å². The number of ether oxygens (including phenoxy) is 2. The Kier molecular flexibility index (Phi) is 20.9. The van der Waals surface area contributed by atoms with E-state index in [1.807, 2.05) is 26.8 Å². The molecular formula is C57H72N4O12. The third-order valence-corrected chi connectivity index (χ3v) is 13.9. The number of esters is 1. The molecule has 2 N–H and O–H groups in total. The maximum atomic E-state index is 13.8. The van der Waals surface area contributed by atoms with Crippen molar-refractivity contribution in [3.05, 3.63) is 94.0 Å². The van der Waals surface area contributed by atoms with Crippen LogP contribution in [0.1, 0.15) is 180 Å². The Hall–Kier alpha value is -6.84. The number of likely N-dealkylation sites (tertiary alicyclic amines) is 1. The molecule has 16 nitrogen and oxygen atoms in total. The number of benzene rings is 3. The molecule has 3 aliphatic rings. The molecule has 6 amide bonds. The molecule has 392 valence electrons. The monoisotopic (exact) mass is 1000 g/mol. The van der Waals surface area contributed by atoms with Crippen molar-refractivity contribution in [2.45, 2.75) is 169 Å². The molecule has 3 heterocycles. The number of carbonyl (C=O) groups is 10. The van der Waals surface area contributed by atoms with Crippen LogP contribution in [0.5, 0.6) is 5.75 Å². The zero-order valence-corrected chi connectivity index (χ0v) is 43.5. The van der Waals surface area contributed by atoms with Crippen molar-refractivity contribution in [3.8, 4) is 5.75 Å². The van der Waals surface area contributed by atoms with Gasteiger partial charge in [-0.25, -0.2) is 4.79 Å². The van der Waals surface area contributed by atoms with E-state index in [-0.39, 0.29) is 66.6 Å². The molecule has 3 aliphatic heterocycles. The summed E-state index contributed by atoms with van der Waals surface area (Å²) < 4.78 is 11.7. The highest BCUT2D eigenvalue weighted by atomic mass is 16.5. The van der Waals surface area contributed by atoms with Gasteiger partial charge in [-0.2, -0.15) is 0 Å². The molecular weight excluding hydrogens is 933 g/mol. The second kappa shape index (κ2) is 26.7. The first-order valence-electron chi connectivity index (χ1n) is 25.8. The van der Waals surface area contributed by atoms with Crippen LogP contribution in [0, 0.1) is 19.3 Å². The average molecular weight is 1010 g/mol. The number of anilines is 1. The summed E-state index contributed by atoms with van der Waals surface area (Å²) in [5.74, 6) is -4.11. The van der Waals surface area contributed by atoms with E-state index in [1.54, 1.807) is 38.1 Å². The number of fused-ring (bicyclic) bond motifs is 1. The van der Waals surface area contributed by atoms with Crippen molar-refractivity contribution in [1.82, 2.24) is 15.1 Å². The lowest BCUT2D eigenvalue weighted by atomic mass is 9.84. The van der Waals surface area contributed by atoms with E-state index in [9.17, 15) is 47.9 Å². The minimum Gasteiger partial charge on any atom is -0.485 e. The van der Waals surface area contributed by atoms with Crippen LogP contribution < -0.4 is 15.4 Å². The molecule has 0 aromatic heterocycles. The third kappa shape index (κ3) is 15.3. The second-order valence-electron chi connectivity index (χ2n) is 19.8. The highest BCUT2D eigenvalue weighted by Crippen LogP contribution is 2.34. The summed E-state index contributed by atoms with van der Waals surface area (Å²) in [5, 5.41) is 5.03. The standard InChI is InChI=1S/C38H52N2O6.C19H20N2O6/c1-7-9-15-31(41)20-22-34(42)39-30-14-12-13-29(25-30)33(21-19-28-18-17-26(3)27(4)24-28)46-37(45)32-16-10-11-23-40(32)36(44)35(43)38(5,6)8-2;1-2-3-5-11(22)10-27-14-7-4-6-12-16(14)19(26)21(18(12)25)13-8-9-15(23)20-17(13)24/h12-14,17-18,24-25,32-33H,7-11,15-16,19-23H2,1-6H3,(H,39,42);4,6-7,13H,2-3,5,8-10H2,1H3,(H,20,23,24)/t32-,33+;/m0./s1. The Labute approximate surface area is 428 Å². The first kappa shape index (κ1) is 57.1. The number of nitrogens with one attached hydrogen (secondary N) is 2. The molecule has 1 unspecified atom stereocenters. The molecule has 2 fully saturated rings. The van der Waals surface area contributed by atoms with Crippen molar-refractivity contribution in [2.75, 3.05) is 18.5 Å². The van der Waals surface area contributed by atoms with Crippen LogP contribution in [0.2, 0.25) is 0 Å². The molecule has 3 atom stereocenters. The Bertz CT molecular complexity index is 2570. The van der Waals surface area contributed by atoms with Crippen molar-refractivity contribution in [3.63, 3.8) is 0 Å². The minimum atomic E-state index is -1.03. The van der Waals surface area contributed by atoms with Gasteiger partial charge in [0.25, 0.3) is 17.7 Å². The molecule has 0 saturated carbocycles. The van der Waals surface area contributed by atoms with E-state index in [0.717, 1.165) is 49.0 Å². The van der Waals surface area contributed by atoms with Gasteiger partial charge >= 0.3 is 5.97 Å². The maximum Gasteiger partial charge on any atom is 0.329 e. The fraction of sp³-hybridized carbons (Fsp3) is 0.509. The van der Waals surface area contributed by atoms with E-state index in [0.29, 0.717) is 56.3 Å². The van der Waals surface area contributed by atoms with Gasteiger partial charge < -0.3 is 19.7 Å². The topological polar surface area (TPSA) is 220 Å². The Morgan fingerprint density at radius 3 is 2.19 bits per heavy atom. The number of amides is 6. The number of rotatable bonds is 23. The van der Waals surface area contributed by atoms with E-state index < -0.39 is 64.9 Å². The summed E-state index contributed by atoms with van der Waals surface area (Å²) in [6, 6.07) is 16.2. The predicted octanol–water partition coefficient (Wildman–Crippen LogP) is 8.61. The van der Waals surface area contributed by atoms with Gasteiger partial charge in [-0.15, -0.1) is 0 Å². The highest BCUT2D eigenvalue weighted by Gasteiger charge is 2.46. The predicted molar refractivity (Wildman–Crippen MR) is 273 cm³/mol.